The molecule has 0 fully saturated rings. The number of rotatable bonds is 2. The van der Waals surface area contributed by atoms with Crippen LogP contribution >= 0.6 is 0 Å². The Morgan fingerprint density at radius 2 is 2.46 bits per heavy atom. The Kier molecular flexibility index (Phi) is 2.11. The monoisotopic (exact) mass is 180 g/mol. The number of aromatic amines is 1. The van der Waals surface area contributed by atoms with Crippen LogP contribution in [0.15, 0.2) is 4.99 Å². The fraction of sp³-hybridized carbons (Fsp3) is 0.571. The molecule has 1 aromatic rings. The van der Waals surface area contributed by atoms with E-state index in [0.29, 0.717) is 6.54 Å². The lowest BCUT2D eigenvalue weighted by molar-refractivity contribution is 0.808. The van der Waals surface area contributed by atoms with E-state index in [2.05, 4.69) is 30.8 Å². The maximum absolute atomic E-state index is 4.19. The molecule has 3 N–H and O–H groups in total. The first-order valence-corrected chi connectivity index (χ1v) is 4.24. The Bertz CT molecular complexity index is 315. The number of nitrogens with one attached hydrogen (secondary N) is 3. The van der Waals surface area contributed by atoms with Crippen molar-refractivity contribution >= 4 is 5.96 Å². The van der Waals surface area contributed by atoms with Crippen LogP contribution in [0.2, 0.25) is 0 Å². The number of aromatic nitrogens is 3. The molecule has 0 aliphatic carbocycles. The van der Waals surface area contributed by atoms with Crippen molar-refractivity contribution in [3.63, 3.8) is 0 Å². The summed E-state index contributed by atoms with van der Waals surface area (Å²) in [7, 11) is 0. The Hall–Kier alpha value is -1.59. The normalized spacial score (nSPS) is 15.3. The molecule has 2 rings (SSSR count). The lowest BCUT2D eigenvalue weighted by Gasteiger charge is -2.02. The molecule has 13 heavy (non-hydrogen) atoms. The number of H-pyrrole nitrogens is 1. The fourth-order valence-electron chi connectivity index (χ4n) is 1.15. The van der Waals surface area contributed by atoms with E-state index in [4.69, 9.17) is 0 Å². The zero-order chi connectivity index (χ0) is 9.10. The summed E-state index contributed by atoms with van der Waals surface area (Å²) < 4.78 is 0. The van der Waals surface area contributed by atoms with Gasteiger partial charge in [0.25, 0.3) is 0 Å². The molecule has 1 aliphatic rings. The van der Waals surface area contributed by atoms with Crippen molar-refractivity contribution in [1.82, 2.24) is 25.8 Å². The summed E-state index contributed by atoms with van der Waals surface area (Å²) in [6.07, 6.45) is 0. The van der Waals surface area contributed by atoms with Crippen molar-refractivity contribution in [1.29, 1.82) is 0 Å². The Labute approximate surface area is 75.9 Å². The summed E-state index contributed by atoms with van der Waals surface area (Å²) in [5.74, 6) is 2.43. The lowest BCUT2D eigenvalue weighted by atomic mass is 10.6. The highest BCUT2D eigenvalue weighted by Gasteiger charge is 2.05. The molecule has 0 atom stereocenters. The van der Waals surface area contributed by atoms with Gasteiger partial charge in [-0.1, -0.05) is 0 Å². The molecule has 0 unspecified atom stereocenters. The van der Waals surface area contributed by atoms with Gasteiger partial charge in [-0.3, -0.25) is 10.1 Å². The van der Waals surface area contributed by atoms with Crippen LogP contribution in [0.25, 0.3) is 0 Å². The van der Waals surface area contributed by atoms with Gasteiger partial charge in [-0.25, -0.2) is 4.98 Å². The Balaban J connectivity index is 1.85. The maximum Gasteiger partial charge on any atom is 0.191 e. The van der Waals surface area contributed by atoms with E-state index >= 15 is 0 Å². The molecule has 2 heterocycles. The molecule has 0 spiro atoms. The summed E-state index contributed by atoms with van der Waals surface area (Å²) in [4.78, 5) is 8.35. The van der Waals surface area contributed by atoms with Crippen LogP contribution in [0.4, 0.5) is 0 Å². The summed E-state index contributed by atoms with van der Waals surface area (Å²) in [6.45, 7) is 4.24. The van der Waals surface area contributed by atoms with Crippen LogP contribution in [0.3, 0.4) is 0 Å². The number of hydrogen-bond donors (Lipinski definition) is 3. The van der Waals surface area contributed by atoms with Gasteiger partial charge in [0.1, 0.15) is 5.82 Å². The van der Waals surface area contributed by atoms with Gasteiger partial charge in [0.2, 0.25) is 0 Å². The summed E-state index contributed by atoms with van der Waals surface area (Å²) >= 11 is 0. The van der Waals surface area contributed by atoms with Crippen LogP contribution in [0.1, 0.15) is 11.6 Å². The predicted molar refractivity (Wildman–Crippen MR) is 48.3 cm³/mol. The van der Waals surface area contributed by atoms with Gasteiger partial charge >= 0.3 is 0 Å². The fourth-order valence-corrected chi connectivity index (χ4v) is 1.15. The number of aliphatic imine (C=N–C) groups is 1. The Morgan fingerprint density at radius 1 is 1.54 bits per heavy atom. The number of aryl methyl sites for hydroxylation is 1. The molecule has 0 bridgehead atoms. The second-order valence-corrected chi connectivity index (χ2v) is 2.85. The van der Waals surface area contributed by atoms with Gasteiger partial charge < -0.3 is 10.6 Å². The largest absolute Gasteiger partial charge is 0.355 e. The zero-order valence-corrected chi connectivity index (χ0v) is 7.46. The van der Waals surface area contributed by atoms with E-state index < -0.39 is 0 Å². The first-order valence-electron chi connectivity index (χ1n) is 4.24. The average Bonchev–Trinajstić information content (AvgIpc) is 2.71. The van der Waals surface area contributed by atoms with Crippen LogP contribution in [0.5, 0.6) is 0 Å². The highest BCUT2D eigenvalue weighted by Crippen LogP contribution is 1.90. The minimum atomic E-state index is 0.607. The molecule has 0 saturated heterocycles. The van der Waals surface area contributed by atoms with Gasteiger partial charge in [0, 0.05) is 6.54 Å². The third-order valence-corrected chi connectivity index (χ3v) is 1.73. The molecule has 1 aliphatic heterocycles. The van der Waals surface area contributed by atoms with Gasteiger partial charge in [-0.05, 0) is 6.92 Å². The third-order valence-electron chi connectivity index (χ3n) is 1.73. The predicted octanol–water partition coefficient (Wildman–Crippen LogP) is -0.838. The summed E-state index contributed by atoms with van der Waals surface area (Å²) in [5, 5.41) is 13.0. The zero-order valence-electron chi connectivity index (χ0n) is 7.46. The molecule has 0 amide bonds. The standard InChI is InChI=1S/C7H12N6/c1-5-11-6(13-12-5)4-10-7-8-2-3-9-7/h2-4H2,1H3,(H2,8,9,10)(H,11,12,13). The molecule has 0 aromatic carbocycles. The van der Waals surface area contributed by atoms with E-state index in [0.717, 1.165) is 30.7 Å². The maximum atomic E-state index is 4.19. The molecule has 1 aromatic heterocycles. The minimum Gasteiger partial charge on any atom is -0.355 e. The van der Waals surface area contributed by atoms with E-state index in [1.54, 1.807) is 0 Å². The SMILES string of the molecule is Cc1nc(CNC2=NCCN2)n[nH]1. The van der Waals surface area contributed by atoms with Crippen LogP contribution in [-0.2, 0) is 6.54 Å². The number of guanidine groups is 1. The van der Waals surface area contributed by atoms with E-state index in [1.807, 2.05) is 6.92 Å². The van der Waals surface area contributed by atoms with Gasteiger partial charge in [0.05, 0.1) is 13.1 Å². The van der Waals surface area contributed by atoms with Crippen molar-refractivity contribution in [2.24, 2.45) is 4.99 Å². The molecule has 6 heteroatoms. The average molecular weight is 180 g/mol. The molecular formula is C7H12N6. The van der Waals surface area contributed by atoms with Crippen molar-refractivity contribution in [3.05, 3.63) is 11.6 Å². The molecule has 6 nitrogen and oxygen atoms in total. The second kappa shape index (κ2) is 3.42. The van der Waals surface area contributed by atoms with Crippen molar-refractivity contribution in [3.8, 4) is 0 Å². The molecular weight excluding hydrogens is 168 g/mol. The third kappa shape index (κ3) is 1.95. The lowest BCUT2D eigenvalue weighted by Crippen LogP contribution is -2.33. The molecule has 70 valence electrons. The minimum absolute atomic E-state index is 0.607. The van der Waals surface area contributed by atoms with Gasteiger partial charge in [-0.2, -0.15) is 5.10 Å². The first kappa shape index (κ1) is 8.03. The number of hydrogen-bond acceptors (Lipinski definition) is 5. The Morgan fingerprint density at radius 3 is 3.08 bits per heavy atom. The molecule has 0 radical (unpaired) electrons. The highest BCUT2D eigenvalue weighted by atomic mass is 15.3. The van der Waals surface area contributed by atoms with E-state index in [-0.39, 0.29) is 0 Å². The summed E-state index contributed by atoms with van der Waals surface area (Å²) in [6, 6.07) is 0. The van der Waals surface area contributed by atoms with Crippen LogP contribution < -0.4 is 10.6 Å². The topological polar surface area (TPSA) is 78.0 Å². The van der Waals surface area contributed by atoms with Crippen LogP contribution in [-0.4, -0.2) is 34.2 Å². The second-order valence-electron chi connectivity index (χ2n) is 2.85. The smallest absolute Gasteiger partial charge is 0.191 e. The van der Waals surface area contributed by atoms with Gasteiger partial charge in [-0.15, -0.1) is 0 Å². The van der Waals surface area contributed by atoms with Crippen molar-refractivity contribution < 1.29 is 0 Å². The quantitative estimate of drug-likeness (QED) is 0.554. The van der Waals surface area contributed by atoms with Crippen molar-refractivity contribution in [2.45, 2.75) is 13.5 Å². The molecule has 0 saturated carbocycles. The van der Waals surface area contributed by atoms with Crippen LogP contribution in [0, 0.1) is 6.92 Å². The summed E-state index contributed by atoms with van der Waals surface area (Å²) in [5.41, 5.74) is 0. The van der Waals surface area contributed by atoms with Gasteiger partial charge in [0.15, 0.2) is 11.8 Å². The number of nitrogens with zero attached hydrogens (tertiary/aromatic N) is 3. The van der Waals surface area contributed by atoms with Crippen molar-refractivity contribution in [2.75, 3.05) is 13.1 Å². The first-order chi connectivity index (χ1) is 6.34. The van der Waals surface area contributed by atoms with E-state index in [9.17, 15) is 0 Å². The highest BCUT2D eigenvalue weighted by molar-refractivity contribution is 5.81. The van der Waals surface area contributed by atoms with E-state index in [1.165, 1.54) is 0 Å².